The van der Waals surface area contributed by atoms with Crippen LogP contribution in [0, 0.1) is 26.6 Å². The minimum Gasteiger partial charge on any atom is -0.391 e. The summed E-state index contributed by atoms with van der Waals surface area (Å²) in [5.41, 5.74) is 9.29. The van der Waals surface area contributed by atoms with E-state index in [9.17, 15) is 4.39 Å². The van der Waals surface area contributed by atoms with Crippen LogP contribution >= 0.6 is 0 Å². The van der Waals surface area contributed by atoms with Crippen LogP contribution in [0.5, 0.6) is 0 Å². The molecule has 1 aromatic heterocycles. The van der Waals surface area contributed by atoms with Crippen molar-refractivity contribution in [2.75, 3.05) is 0 Å². The molecule has 0 fully saturated rings. The van der Waals surface area contributed by atoms with Crippen molar-refractivity contribution in [2.24, 2.45) is 5.16 Å². The molecule has 0 radical (unpaired) electrons. The smallest absolute Gasteiger partial charge is 0.142 e. The Balaban J connectivity index is 1.71. The second-order valence-corrected chi connectivity index (χ2v) is 8.15. The van der Waals surface area contributed by atoms with Gasteiger partial charge >= 0.3 is 0 Å². The Morgan fingerprint density at radius 3 is 2.28 bits per heavy atom. The SMILES string of the molecule is C/C(=N/OCc1ccc(C)cc1)c1cc(-c2ccc(F)cc2)n(-c2cccc(C)c2)c1C. The predicted octanol–water partition coefficient (Wildman–Crippen LogP) is 7.15. The summed E-state index contributed by atoms with van der Waals surface area (Å²) in [6.07, 6.45) is 0. The summed E-state index contributed by atoms with van der Waals surface area (Å²) < 4.78 is 15.7. The highest BCUT2D eigenvalue weighted by Gasteiger charge is 2.17. The molecule has 4 rings (SSSR count). The van der Waals surface area contributed by atoms with Crippen molar-refractivity contribution in [3.63, 3.8) is 0 Å². The highest BCUT2D eigenvalue weighted by atomic mass is 19.1. The molecule has 0 aliphatic rings. The van der Waals surface area contributed by atoms with Crippen LogP contribution in [0.4, 0.5) is 4.39 Å². The molecule has 1 heterocycles. The maximum atomic E-state index is 13.6. The van der Waals surface area contributed by atoms with Crippen LogP contribution in [0.3, 0.4) is 0 Å². The zero-order valence-corrected chi connectivity index (χ0v) is 18.9. The first-order valence-corrected chi connectivity index (χ1v) is 10.7. The van der Waals surface area contributed by atoms with E-state index in [0.717, 1.165) is 39.5 Å². The fourth-order valence-electron chi connectivity index (χ4n) is 3.84. The Hall–Kier alpha value is -3.66. The van der Waals surface area contributed by atoms with E-state index in [2.05, 4.69) is 66.9 Å². The van der Waals surface area contributed by atoms with Gasteiger partial charge in [0.1, 0.15) is 12.4 Å². The van der Waals surface area contributed by atoms with E-state index in [1.165, 1.54) is 23.3 Å². The van der Waals surface area contributed by atoms with Crippen molar-refractivity contribution in [2.45, 2.75) is 34.3 Å². The van der Waals surface area contributed by atoms with Crippen LogP contribution in [0.15, 0.2) is 84.0 Å². The summed E-state index contributed by atoms with van der Waals surface area (Å²) in [6.45, 7) is 8.58. The monoisotopic (exact) mass is 426 g/mol. The normalized spacial score (nSPS) is 11.6. The van der Waals surface area contributed by atoms with Crippen LogP contribution in [0.25, 0.3) is 16.9 Å². The van der Waals surface area contributed by atoms with Gasteiger partial charge in [-0.1, -0.05) is 47.1 Å². The van der Waals surface area contributed by atoms with Gasteiger partial charge in [-0.2, -0.15) is 0 Å². The first-order chi connectivity index (χ1) is 15.4. The fraction of sp³-hybridized carbons (Fsp3) is 0.179. The van der Waals surface area contributed by atoms with Gasteiger partial charge in [0.15, 0.2) is 0 Å². The number of oxime groups is 1. The largest absolute Gasteiger partial charge is 0.391 e. The van der Waals surface area contributed by atoms with Gasteiger partial charge in [-0.05, 0) is 86.8 Å². The van der Waals surface area contributed by atoms with Gasteiger partial charge in [-0.3, -0.25) is 0 Å². The Morgan fingerprint density at radius 2 is 1.59 bits per heavy atom. The molecule has 0 saturated carbocycles. The van der Waals surface area contributed by atoms with E-state index in [4.69, 9.17) is 4.84 Å². The summed E-state index contributed by atoms with van der Waals surface area (Å²) in [5.74, 6) is -0.249. The maximum absolute atomic E-state index is 13.6. The van der Waals surface area contributed by atoms with E-state index < -0.39 is 0 Å². The first kappa shape index (κ1) is 21.6. The van der Waals surface area contributed by atoms with Gasteiger partial charge in [0, 0.05) is 16.9 Å². The highest BCUT2D eigenvalue weighted by Crippen LogP contribution is 2.30. The number of aryl methyl sites for hydroxylation is 2. The minimum atomic E-state index is -0.249. The number of hydrogen-bond acceptors (Lipinski definition) is 2. The lowest BCUT2D eigenvalue weighted by molar-refractivity contribution is 0.130. The number of halogens is 1. The van der Waals surface area contributed by atoms with Crippen LogP contribution in [-0.4, -0.2) is 10.3 Å². The van der Waals surface area contributed by atoms with E-state index in [1.807, 2.05) is 25.1 Å². The molecule has 4 heteroatoms. The second kappa shape index (κ2) is 9.23. The number of nitrogens with zero attached hydrogens (tertiary/aromatic N) is 2. The van der Waals surface area contributed by atoms with Crippen LogP contribution in [0.1, 0.15) is 34.9 Å². The summed E-state index contributed by atoms with van der Waals surface area (Å²) in [7, 11) is 0. The number of benzene rings is 3. The zero-order chi connectivity index (χ0) is 22.7. The third-order valence-electron chi connectivity index (χ3n) is 5.59. The average molecular weight is 427 g/mol. The molecule has 3 aromatic carbocycles. The fourth-order valence-corrected chi connectivity index (χ4v) is 3.84. The molecule has 4 aromatic rings. The Bertz CT molecular complexity index is 1250. The van der Waals surface area contributed by atoms with Crippen LogP contribution < -0.4 is 0 Å². The lowest BCUT2D eigenvalue weighted by atomic mass is 10.1. The van der Waals surface area contributed by atoms with E-state index >= 15 is 0 Å². The molecule has 3 nitrogen and oxygen atoms in total. The van der Waals surface area contributed by atoms with Gasteiger partial charge in [-0.15, -0.1) is 0 Å². The Morgan fingerprint density at radius 1 is 0.875 bits per heavy atom. The van der Waals surface area contributed by atoms with Crippen molar-refractivity contribution in [1.29, 1.82) is 0 Å². The summed E-state index contributed by atoms with van der Waals surface area (Å²) in [4.78, 5) is 5.66. The molecule has 0 saturated heterocycles. The molecule has 0 aliphatic carbocycles. The lowest BCUT2D eigenvalue weighted by Crippen LogP contribution is -2.03. The van der Waals surface area contributed by atoms with Gasteiger partial charge in [0.2, 0.25) is 0 Å². The van der Waals surface area contributed by atoms with Crippen molar-refractivity contribution < 1.29 is 9.23 Å². The Kier molecular flexibility index (Phi) is 6.22. The standard InChI is InChI=1S/C28H27FN2O/c1-19-8-10-23(11-9-19)18-32-30-21(3)27-17-28(24-12-14-25(29)15-13-24)31(22(27)4)26-7-5-6-20(2)16-26/h5-17H,18H2,1-4H3/b30-21-. The molecule has 0 spiro atoms. The molecule has 162 valence electrons. The summed E-state index contributed by atoms with van der Waals surface area (Å²) in [5, 5.41) is 4.39. The highest BCUT2D eigenvalue weighted by molar-refractivity contribution is 6.01. The average Bonchev–Trinajstić information content (AvgIpc) is 3.13. The maximum Gasteiger partial charge on any atom is 0.142 e. The number of rotatable bonds is 6. The Labute approximate surface area is 188 Å². The summed E-state index contributed by atoms with van der Waals surface area (Å²) >= 11 is 0. The molecule has 0 bridgehead atoms. The minimum absolute atomic E-state index is 0.249. The van der Waals surface area contributed by atoms with E-state index in [1.54, 1.807) is 12.1 Å². The van der Waals surface area contributed by atoms with E-state index in [0.29, 0.717) is 6.61 Å². The second-order valence-electron chi connectivity index (χ2n) is 8.15. The van der Waals surface area contributed by atoms with Crippen molar-refractivity contribution in [3.8, 4) is 16.9 Å². The topological polar surface area (TPSA) is 26.5 Å². The number of hydrogen-bond donors (Lipinski definition) is 0. The van der Waals surface area contributed by atoms with Gasteiger partial charge < -0.3 is 9.40 Å². The molecule has 0 amide bonds. The lowest BCUT2D eigenvalue weighted by Gasteiger charge is -2.13. The zero-order valence-electron chi connectivity index (χ0n) is 18.9. The van der Waals surface area contributed by atoms with Gasteiger partial charge in [0.05, 0.1) is 11.4 Å². The molecular weight excluding hydrogens is 399 g/mol. The van der Waals surface area contributed by atoms with Crippen molar-refractivity contribution in [3.05, 3.63) is 113 Å². The van der Waals surface area contributed by atoms with E-state index in [-0.39, 0.29) is 5.82 Å². The first-order valence-electron chi connectivity index (χ1n) is 10.7. The molecule has 0 aliphatic heterocycles. The molecule has 0 N–H and O–H groups in total. The van der Waals surface area contributed by atoms with Gasteiger partial charge in [-0.25, -0.2) is 4.39 Å². The number of aromatic nitrogens is 1. The van der Waals surface area contributed by atoms with Crippen LogP contribution in [-0.2, 0) is 11.4 Å². The molecular formula is C28H27FN2O. The molecule has 0 unspecified atom stereocenters. The quantitative estimate of drug-likeness (QED) is 0.237. The third-order valence-corrected chi connectivity index (χ3v) is 5.59. The molecule has 0 atom stereocenters. The predicted molar refractivity (Wildman–Crippen MR) is 129 cm³/mol. The molecule has 32 heavy (non-hydrogen) atoms. The summed E-state index contributed by atoms with van der Waals surface area (Å²) in [6, 6.07) is 25.3. The van der Waals surface area contributed by atoms with Crippen LogP contribution in [0.2, 0.25) is 0 Å². The van der Waals surface area contributed by atoms with Crippen molar-refractivity contribution in [1.82, 2.24) is 4.57 Å². The van der Waals surface area contributed by atoms with Crippen molar-refractivity contribution >= 4 is 5.71 Å². The van der Waals surface area contributed by atoms with Gasteiger partial charge in [0.25, 0.3) is 0 Å². The third kappa shape index (κ3) is 4.65.